The number of aryl methyl sites for hydroxylation is 1. The molecule has 1 amide bonds. The SMILES string of the molecule is COc1c(N2CC3CCCN(Cn4c(O)c(N=NC(=O)c5ccncc5)c5cc(C)ccc54)C3C2)c(F)cc2c(=O)c(C(=O)O)cn(C3CC3)c12. The normalized spacial score (nSPS) is 19.3. The van der Waals surface area contributed by atoms with Crippen molar-refractivity contribution in [1.29, 1.82) is 0 Å². The van der Waals surface area contributed by atoms with Crippen LogP contribution in [0.1, 0.15) is 58.0 Å². The van der Waals surface area contributed by atoms with Gasteiger partial charge in [0.05, 0.1) is 30.2 Å². The van der Waals surface area contributed by atoms with Crippen LogP contribution in [0.15, 0.2) is 70.0 Å². The number of nitrogens with zero attached hydrogens (tertiary/aromatic N) is 7. The predicted molar refractivity (Wildman–Crippen MR) is 187 cm³/mol. The van der Waals surface area contributed by atoms with E-state index in [1.807, 2.05) is 30.0 Å². The van der Waals surface area contributed by atoms with Gasteiger partial charge in [0, 0.05) is 61.3 Å². The van der Waals surface area contributed by atoms with E-state index in [1.165, 1.54) is 25.7 Å². The summed E-state index contributed by atoms with van der Waals surface area (Å²) in [6.07, 6.45) is 7.83. The number of pyridine rings is 2. The fourth-order valence-corrected chi connectivity index (χ4v) is 7.86. The first-order valence-corrected chi connectivity index (χ1v) is 17.0. The van der Waals surface area contributed by atoms with Crippen LogP contribution in [0.25, 0.3) is 21.8 Å². The molecule has 3 fully saturated rings. The molecule has 262 valence electrons. The highest BCUT2D eigenvalue weighted by Crippen LogP contribution is 2.46. The number of fused-ring (bicyclic) bond motifs is 3. The minimum atomic E-state index is -1.35. The van der Waals surface area contributed by atoms with Crippen LogP contribution in [0.4, 0.5) is 15.8 Å². The highest BCUT2D eigenvalue weighted by Gasteiger charge is 2.42. The maximum Gasteiger partial charge on any atom is 0.341 e. The monoisotopic (exact) mass is 693 g/mol. The number of azo groups is 1. The molecule has 51 heavy (non-hydrogen) atoms. The van der Waals surface area contributed by atoms with Crippen molar-refractivity contribution in [2.45, 2.75) is 51.4 Å². The molecule has 5 heterocycles. The van der Waals surface area contributed by atoms with Crippen molar-refractivity contribution < 1.29 is 28.9 Å². The van der Waals surface area contributed by atoms with E-state index in [2.05, 4.69) is 20.1 Å². The second kappa shape index (κ2) is 12.6. The lowest BCUT2D eigenvalue weighted by Gasteiger charge is -2.37. The van der Waals surface area contributed by atoms with Crippen molar-refractivity contribution in [2.75, 3.05) is 31.6 Å². The number of carbonyl (C=O) groups excluding carboxylic acids is 1. The van der Waals surface area contributed by atoms with Crippen LogP contribution in [0.5, 0.6) is 11.6 Å². The van der Waals surface area contributed by atoms with Gasteiger partial charge in [0.1, 0.15) is 11.3 Å². The summed E-state index contributed by atoms with van der Waals surface area (Å²) in [4.78, 5) is 46.0. The summed E-state index contributed by atoms with van der Waals surface area (Å²) in [5.41, 5.74) is 1.75. The summed E-state index contributed by atoms with van der Waals surface area (Å²) < 4.78 is 25.6. The topological polar surface area (TPSA) is 155 Å². The van der Waals surface area contributed by atoms with Crippen molar-refractivity contribution in [3.05, 3.63) is 87.7 Å². The van der Waals surface area contributed by atoms with E-state index >= 15 is 4.39 Å². The fourth-order valence-electron chi connectivity index (χ4n) is 7.86. The standard InChI is InChI=1S/C37H36FN7O6/c1-20-5-8-28-24(14-20)30(40-41-35(47)21-9-11-39-12-10-21)36(48)45(28)19-42-13-3-4-22-16-43(18-29(22)42)32-27(38)15-25-31(34(32)51-2)44(23-6-7-23)17-26(33(25)46)37(49)50/h5,8-12,14-15,17,22-23,29,48H,3-4,6-7,13,16,18-19H2,1-2H3,(H,49,50). The summed E-state index contributed by atoms with van der Waals surface area (Å²) in [7, 11) is 1.45. The van der Waals surface area contributed by atoms with Gasteiger partial charge >= 0.3 is 5.97 Å². The molecule has 2 saturated heterocycles. The Labute approximate surface area is 291 Å². The first kappa shape index (κ1) is 32.6. The Morgan fingerprint density at radius 3 is 2.59 bits per heavy atom. The molecule has 2 unspecified atom stereocenters. The molecule has 3 aromatic heterocycles. The van der Waals surface area contributed by atoms with E-state index in [1.54, 1.807) is 21.3 Å². The zero-order valence-corrected chi connectivity index (χ0v) is 28.1. The minimum absolute atomic E-state index is 0.000734. The van der Waals surface area contributed by atoms with Gasteiger partial charge in [-0.25, -0.2) is 9.18 Å². The van der Waals surface area contributed by atoms with Crippen molar-refractivity contribution in [2.24, 2.45) is 16.1 Å². The molecule has 0 radical (unpaired) electrons. The Bertz CT molecular complexity index is 2320. The first-order chi connectivity index (χ1) is 24.6. The molecule has 0 spiro atoms. The number of halogens is 1. The minimum Gasteiger partial charge on any atom is -0.493 e. The van der Waals surface area contributed by atoms with Crippen LogP contribution in [0.3, 0.4) is 0 Å². The first-order valence-electron chi connectivity index (χ1n) is 17.0. The molecule has 8 rings (SSSR count). The van der Waals surface area contributed by atoms with E-state index < -0.39 is 28.7 Å². The number of carboxylic acids is 1. The number of aromatic nitrogens is 3. The maximum atomic E-state index is 16.2. The van der Waals surface area contributed by atoms with Crippen molar-refractivity contribution in [1.82, 2.24) is 19.0 Å². The van der Waals surface area contributed by atoms with Crippen LogP contribution >= 0.6 is 0 Å². The molecule has 14 heteroatoms. The van der Waals surface area contributed by atoms with Gasteiger partial charge in [-0.15, -0.1) is 10.2 Å². The van der Waals surface area contributed by atoms with Crippen molar-refractivity contribution in [3.63, 3.8) is 0 Å². The summed E-state index contributed by atoms with van der Waals surface area (Å²) >= 11 is 0. The lowest BCUT2D eigenvalue weighted by molar-refractivity contribution is 0.0694. The zero-order chi connectivity index (χ0) is 35.6. The number of hydrogen-bond acceptors (Lipinski definition) is 9. The Hall–Kier alpha value is -5.63. The van der Waals surface area contributed by atoms with E-state index in [0.29, 0.717) is 36.2 Å². The molecule has 3 aliphatic rings. The number of benzene rings is 2. The smallest absolute Gasteiger partial charge is 0.341 e. The fraction of sp³-hybridized carbons (Fsp3) is 0.351. The summed E-state index contributed by atoms with van der Waals surface area (Å²) in [6.45, 7) is 4.03. The van der Waals surface area contributed by atoms with Crippen LogP contribution < -0.4 is 15.1 Å². The number of piperidine rings is 1. The molecule has 0 bridgehead atoms. The number of carbonyl (C=O) groups is 2. The third-order valence-electron chi connectivity index (χ3n) is 10.4. The molecule has 13 nitrogen and oxygen atoms in total. The van der Waals surface area contributed by atoms with Gasteiger partial charge in [0.25, 0.3) is 5.91 Å². The van der Waals surface area contributed by atoms with Gasteiger partial charge in [-0.1, -0.05) is 11.6 Å². The average Bonchev–Trinajstić information content (AvgIpc) is 3.82. The number of aromatic hydroxyl groups is 1. The lowest BCUT2D eigenvalue weighted by atomic mass is 9.92. The van der Waals surface area contributed by atoms with E-state index in [0.717, 1.165) is 49.4 Å². The number of anilines is 1. The number of amides is 1. The molecule has 1 saturated carbocycles. The van der Waals surface area contributed by atoms with Gasteiger partial charge in [0.15, 0.2) is 17.3 Å². The molecule has 2 aliphatic heterocycles. The quantitative estimate of drug-likeness (QED) is 0.186. The second-order valence-corrected chi connectivity index (χ2v) is 13.6. The number of rotatable bonds is 8. The molecule has 2 aromatic carbocycles. The van der Waals surface area contributed by atoms with E-state index in [-0.39, 0.29) is 46.4 Å². The summed E-state index contributed by atoms with van der Waals surface area (Å²) in [6, 6.07) is 10.0. The Morgan fingerprint density at radius 2 is 1.86 bits per heavy atom. The van der Waals surface area contributed by atoms with Gasteiger partial charge in [0.2, 0.25) is 11.3 Å². The Morgan fingerprint density at radius 1 is 1.08 bits per heavy atom. The molecule has 5 aromatic rings. The zero-order valence-electron chi connectivity index (χ0n) is 28.1. The van der Waals surface area contributed by atoms with Gasteiger partial charge in [-0.3, -0.25) is 24.0 Å². The highest BCUT2D eigenvalue weighted by molar-refractivity contribution is 5.98. The third-order valence-corrected chi connectivity index (χ3v) is 10.4. The lowest BCUT2D eigenvalue weighted by Crippen LogP contribution is -2.45. The predicted octanol–water partition coefficient (Wildman–Crippen LogP) is 6.03. The number of likely N-dealkylation sites (tertiary alicyclic amines) is 1. The largest absolute Gasteiger partial charge is 0.493 e. The number of ether oxygens (including phenoxy) is 1. The molecular weight excluding hydrogens is 657 g/mol. The maximum absolute atomic E-state index is 16.2. The summed E-state index contributed by atoms with van der Waals surface area (Å²) in [5, 5.41) is 30.1. The Balaban J connectivity index is 1.13. The third kappa shape index (κ3) is 5.59. The number of methoxy groups -OCH3 is 1. The van der Waals surface area contributed by atoms with Crippen molar-refractivity contribution in [3.8, 4) is 11.6 Å². The summed E-state index contributed by atoms with van der Waals surface area (Å²) in [5.74, 6) is -2.26. The number of carboxylic acid groups (broad SMARTS) is 1. The number of hydrogen-bond donors (Lipinski definition) is 2. The van der Waals surface area contributed by atoms with Crippen molar-refractivity contribution >= 4 is 45.1 Å². The molecule has 2 N–H and O–H groups in total. The number of aromatic carboxylic acids is 1. The van der Waals surface area contributed by atoms with Gasteiger partial charge in [-0.05, 0) is 68.9 Å². The Kier molecular flexibility index (Phi) is 8.05. The van der Waals surface area contributed by atoms with Crippen LogP contribution in [0, 0.1) is 18.7 Å². The second-order valence-electron chi connectivity index (χ2n) is 13.6. The van der Waals surface area contributed by atoms with E-state index in [4.69, 9.17) is 4.74 Å². The van der Waals surface area contributed by atoms with Gasteiger partial charge in [-0.2, -0.15) is 0 Å². The highest BCUT2D eigenvalue weighted by atomic mass is 19.1. The molecular formula is C37H36FN7O6. The van der Waals surface area contributed by atoms with E-state index in [9.17, 15) is 24.6 Å². The van der Waals surface area contributed by atoms with Crippen LogP contribution in [-0.2, 0) is 6.67 Å². The molecule has 1 aliphatic carbocycles. The molecule has 2 atom stereocenters. The average molecular weight is 694 g/mol. The van der Waals surface area contributed by atoms with Gasteiger partial charge < -0.3 is 24.4 Å². The van der Waals surface area contributed by atoms with Crippen LogP contribution in [0.2, 0.25) is 0 Å². The van der Waals surface area contributed by atoms with Crippen LogP contribution in [-0.4, -0.2) is 73.9 Å².